The number of nitrogens with one attached hydrogen (secondary N) is 1. The Morgan fingerprint density at radius 1 is 1.03 bits per heavy atom. The molecule has 0 aromatic heterocycles. The highest BCUT2D eigenvalue weighted by atomic mass is 32.2. The number of hydrogen-bond donors (Lipinski definition) is 1. The Labute approximate surface area is 195 Å². The smallest absolute Gasteiger partial charge is 0.264 e. The Morgan fingerprint density at radius 2 is 1.76 bits per heavy atom. The normalized spacial score (nSPS) is 13.5. The molecule has 0 unspecified atom stereocenters. The highest BCUT2D eigenvalue weighted by molar-refractivity contribution is 7.92. The number of rotatable bonds is 7. The number of nitrogens with zero attached hydrogens (tertiary/aromatic N) is 1. The summed E-state index contributed by atoms with van der Waals surface area (Å²) in [6, 6.07) is 21.5. The molecule has 6 nitrogen and oxygen atoms in total. The first kappa shape index (κ1) is 22.9. The lowest BCUT2D eigenvalue weighted by Gasteiger charge is -2.31. The molecule has 0 spiro atoms. The van der Waals surface area contributed by atoms with Crippen LogP contribution >= 0.6 is 0 Å². The quantitative estimate of drug-likeness (QED) is 0.536. The molecule has 0 fully saturated rings. The van der Waals surface area contributed by atoms with E-state index in [1.54, 1.807) is 42.5 Å². The topological polar surface area (TPSA) is 75.7 Å². The van der Waals surface area contributed by atoms with E-state index in [9.17, 15) is 13.2 Å². The first-order valence-corrected chi connectivity index (χ1v) is 12.5. The average molecular weight is 465 g/mol. The number of carbonyl (C=O) groups excluding carboxylic acids is 1. The molecule has 172 valence electrons. The predicted molar refractivity (Wildman–Crippen MR) is 130 cm³/mol. The summed E-state index contributed by atoms with van der Waals surface area (Å²) in [5.74, 6) is 0.743. The van der Waals surface area contributed by atoms with Gasteiger partial charge in [0.05, 0.1) is 10.6 Å². The lowest BCUT2D eigenvalue weighted by atomic mass is 10.0. The zero-order valence-corrected chi connectivity index (χ0v) is 19.6. The van der Waals surface area contributed by atoms with Crippen LogP contribution in [0.3, 0.4) is 0 Å². The van der Waals surface area contributed by atoms with E-state index >= 15 is 0 Å². The highest BCUT2D eigenvalue weighted by Crippen LogP contribution is 2.34. The fraction of sp³-hybridized carbons (Fsp3) is 0.269. The van der Waals surface area contributed by atoms with Crippen LogP contribution in [-0.4, -0.2) is 27.5 Å². The van der Waals surface area contributed by atoms with E-state index in [4.69, 9.17) is 4.74 Å². The van der Waals surface area contributed by atoms with Gasteiger partial charge < -0.3 is 10.1 Å². The van der Waals surface area contributed by atoms with Crippen LogP contribution < -0.4 is 14.4 Å². The molecule has 0 radical (unpaired) electrons. The van der Waals surface area contributed by atoms with Gasteiger partial charge in [0.1, 0.15) is 5.75 Å². The molecule has 0 atom stereocenters. The highest BCUT2D eigenvalue weighted by Gasteiger charge is 2.29. The third kappa shape index (κ3) is 5.20. The first-order valence-electron chi connectivity index (χ1n) is 11.1. The number of sulfonamides is 1. The van der Waals surface area contributed by atoms with Gasteiger partial charge in [-0.25, -0.2) is 8.42 Å². The number of anilines is 2. The van der Waals surface area contributed by atoms with E-state index in [1.165, 1.54) is 9.87 Å². The largest absolute Gasteiger partial charge is 0.484 e. The summed E-state index contributed by atoms with van der Waals surface area (Å²) in [6.07, 6.45) is 1.54. The van der Waals surface area contributed by atoms with E-state index in [1.807, 2.05) is 30.3 Å². The van der Waals surface area contributed by atoms with Gasteiger partial charge in [-0.15, -0.1) is 0 Å². The standard InChI is InChI=1S/C26H28N2O4S/c1-19(2)20-11-14-23(15-12-20)32-18-26(29)27-22-13-10-21-7-6-16-28(25(21)17-22)33(30,31)24-8-4-3-5-9-24/h3-5,8-15,17,19H,6-7,16,18H2,1-2H3,(H,27,29). The molecule has 1 aliphatic rings. The van der Waals surface area contributed by atoms with Crippen molar-refractivity contribution in [2.45, 2.75) is 37.5 Å². The molecular weight excluding hydrogens is 436 g/mol. The summed E-state index contributed by atoms with van der Waals surface area (Å²) in [4.78, 5) is 12.7. The SMILES string of the molecule is CC(C)c1ccc(OCC(=O)Nc2ccc3c(c2)N(S(=O)(=O)c2ccccc2)CCC3)cc1. The third-order valence-corrected chi connectivity index (χ3v) is 7.52. The van der Waals surface area contributed by atoms with Crippen molar-refractivity contribution in [2.75, 3.05) is 22.8 Å². The van der Waals surface area contributed by atoms with Crippen LogP contribution in [-0.2, 0) is 21.2 Å². The molecule has 3 aromatic carbocycles. The lowest BCUT2D eigenvalue weighted by molar-refractivity contribution is -0.118. The summed E-state index contributed by atoms with van der Waals surface area (Å²) >= 11 is 0. The molecule has 0 saturated heterocycles. The van der Waals surface area contributed by atoms with Crippen molar-refractivity contribution in [3.63, 3.8) is 0 Å². The van der Waals surface area contributed by atoms with Crippen LogP contribution in [0, 0.1) is 0 Å². The Morgan fingerprint density at radius 3 is 2.45 bits per heavy atom. The molecule has 1 heterocycles. The molecular formula is C26H28N2O4S. The second-order valence-corrected chi connectivity index (χ2v) is 10.3. The van der Waals surface area contributed by atoms with Crippen LogP contribution in [0.25, 0.3) is 0 Å². The van der Waals surface area contributed by atoms with Crippen LogP contribution in [0.1, 0.15) is 37.3 Å². The molecule has 1 N–H and O–H groups in total. The van der Waals surface area contributed by atoms with Crippen molar-refractivity contribution >= 4 is 27.3 Å². The van der Waals surface area contributed by atoms with Crippen molar-refractivity contribution in [2.24, 2.45) is 0 Å². The molecule has 0 saturated carbocycles. The number of benzene rings is 3. The van der Waals surface area contributed by atoms with Gasteiger partial charge in [0.25, 0.3) is 15.9 Å². The number of ether oxygens (including phenoxy) is 1. The molecule has 7 heteroatoms. The number of amides is 1. The van der Waals surface area contributed by atoms with E-state index in [0.29, 0.717) is 29.6 Å². The predicted octanol–water partition coefficient (Wildman–Crippen LogP) is 4.97. The van der Waals surface area contributed by atoms with Gasteiger partial charge in [-0.2, -0.15) is 0 Å². The minimum Gasteiger partial charge on any atom is -0.484 e. The van der Waals surface area contributed by atoms with Gasteiger partial charge in [0.15, 0.2) is 6.61 Å². The third-order valence-electron chi connectivity index (χ3n) is 5.69. The second-order valence-electron chi connectivity index (χ2n) is 8.40. The molecule has 4 rings (SSSR count). The zero-order valence-electron chi connectivity index (χ0n) is 18.8. The molecule has 1 aliphatic heterocycles. The Kier molecular flexibility index (Phi) is 6.70. The van der Waals surface area contributed by atoms with E-state index in [-0.39, 0.29) is 17.4 Å². The fourth-order valence-corrected chi connectivity index (χ4v) is 5.44. The summed E-state index contributed by atoms with van der Waals surface area (Å²) in [7, 11) is -3.68. The minimum absolute atomic E-state index is 0.135. The van der Waals surface area contributed by atoms with E-state index < -0.39 is 10.0 Å². The number of carbonyl (C=O) groups is 1. The molecule has 1 amide bonds. The van der Waals surface area contributed by atoms with Crippen LogP contribution in [0.4, 0.5) is 11.4 Å². The molecule has 3 aromatic rings. The Bertz CT molecular complexity index is 1220. The van der Waals surface area contributed by atoms with Crippen LogP contribution in [0.5, 0.6) is 5.75 Å². The summed E-state index contributed by atoms with van der Waals surface area (Å²) in [6.45, 7) is 4.50. The van der Waals surface area contributed by atoms with Crippen LogP contribution in [0.2, 0.25) is 0 Å². The maximum absolute atomic E-state index is 13.2. The van der Waals surface area contributed by atoms with Gasteiger partial charge in [-0.05, 0) is 66.3 Å². The number of aryl methyl sites for hydroxylation is 1. The van der Waals surface area contributed by atoms with Crippen molar-refractivity contribution in [1.29, 1.82) is 0 Å². The van der Waals surface area contributed by atoms with Crippen molar-refractivity contribution in [3.05, 3.63) is 83.9 Å². The van der Waals surface area contributed by atoms with Crippen molar-refractivity contribution < 1.29 is 17.9 Å². The van der Waals surface area contributed by atoms with E-state index in [0.717, 1.165) is 18.4 Å². The monoisotopic (exact) mass is 464 g/mol. The maximum atomic E-state index is 13.2. The summed E-state index contributed by atoms with van der Waals surface area (Å²) in [5, 5.41) is 2.82. The van der Waals surface area contributed by atoms with Gasteiger partial charge in [-0.3, -0.25) is 9.10 Å². The Hall–Kier alpha value is -3.32. The Balaban J connectivity index is 1.47. The van der Waals surface area contributed by atoms with Gasteiger partial charge in [0.2, 0.25) is 0 Å². The fourth-order valence-electron chi connectivity index (χ4n) is 3.88. The van der Waals surface area contributed by atoms with E-state index in [2.05, 4.69) is 19.2 Å². The average Bonchev–Trinajstić information content (AvgIpc) is 2.83. The summed E-state index contributed by atoms with van der Waals surface area (Å²) < 4.78 is 33.5. The minimum atomic E-state index is -3.68. The van der Waals surface area contributed by atoms with Gasteiger partial charge >= 0.3 is 0 Å². The number of fused-ring (bicyclic) bond motifs is 1. The molecule has 0 bridgehead atoms. The van der Waals surface area contributed by atoms with Crippen LogP contribution in [0.15, 0.2) is 77.7 Å². The lowest BCUT2D eigenvalue weighted by Crippen LogP contribution is -2.35. The zero-order chi connectivity index (χ0) is 23.4. The van der Waals surface area contributed by atoms with Gasteiger partial charge in [0, 0.05) is 12.2 Å². The molecule has 0 aliphatic carbocycles. The van der Waals surface area contributed by atoms with Crippen molar-refractivity contribution in [1.82, 2.24) is 0 Å². The van der Waals surface area contributed by atoms with Gasteiger partial charge in [-0.1, -0.05) is 50.2 Å². The second kappa shape index (κ2) is 9.67. The first-order chi connectivity index (χ1) is 15.8. The maximum Gasteiger partial charge on any atom is 0.264 e. The molecule has 33 heavy (non-hydrogen) atoms. The summed E-state index contributed by atoms with van der Waals surface area (Å²) in [5.41, 5.74) is 3.29. The van der Waals surface area contributed by atoms with Crippen molar-refractivity contribution in [3.8, 4) is 5.75 Å². The number of hydrogen-bond acceptors (Lipinski definition) is 4.